The lowest BCUT2D eigenvalue weighted by Gasteiger charge is -2.23. The van der Waals surface area contributed by atoms with Gasteiger partial charge >= 0.3 is 11.9 Å². The summed E-state index contributed by atoms with van der Waals surface area (Å²) in [5.74, 6) is -0.863. The van der Waals surface area contributed by atoms with Gasteiger partial charge in [-0.3, -0.25) is 9.59 Å². The minimum atomic E-state index is -0.393. The molecular formula is C23H21NO5. The third kappa shape index (κ3) is 2.82. The van der Waals surface area contributed by atoms with Crippen molar-refractivity contribution in [2.75, 3.05) is 12.4 Å². The van der Waals surface area contributed by atoms with E-state index in [4.69, 9.17) is 9.47 Å². The fraction of sp³-hybridized carbons (Fsp3) is 0.348. The largest absolute Gasteiger partial charge is 0.465 e. The van der Waals surface area contributed by atoms with Gasteiger partial charge in [0.25, 0.3) is 0 Å². The summed E-state index contributed by atoms with van der Waals surface area (Å²) in [6.45, 7) is 0. The van der Waals surface area contributed by atoms with Crippen molar-refractivity contribution in [2.24, 2.45) is 23.7 Å². The standard InChI is InChI=1S/C23H21NO5/c1-28-22(26)16-5-3-2-4-15(16)12-6-8-14(9-7-12)24-21(25)19-13-10-17-18(11-13)29-23(27)20(17)19/h2-9,13,17-20H,10-11H2,1H3,(H,24,25)/t13-,17-,18-,19+,20+/m1/s1. The first kappa shape index (κ1) is 17.9. The number of carbonyl (C=O) groups excluding carboxylic acids is 3. The van der Waals surface area contributed by atoms with Crippen LogP contribution in [0.3, 0.4) is 0 Å². The van der Waals surface area contributed by atoms with E-state index in [-0.39, 0.29) is 41.7 Å². The summed E-state index contributed by atoms with van der Waals surface area (Å²) in [4.78, 5) is 37.0. The summed E-state index contributed by atoms with van der Waals surface area (Å²) in [5, 5.41) is 2.96. The SMILES string of the molecule is COC(=O)c1ccccc1-c1ccc(NC(=O)[C@H]2[C@@H]3C[C@H]4[C@@H]2C(=O)O[C@@H]4C3)cc1. The van der Waals surface area contributed by atoms with E-state index in [0.29, 0.717) is 11.3 Å². The average Bonchev–Trinajstić information content (AvgIpc) is 3.36. The Morgan fingerprint density at radius 3 is 2.59 bits per heavy atom. The molecule has 2 aromatic rings. The molecule has 0 unspecified atom stereocenters. The monoisotopic (exact) mass is 391 g/mol. The Bertz CT molecular complexity index is 997. The Hall–Kier alpha value is -3.15. The molecule has 0 spiro atoms. The first-order valence-corrected chi connectivity index (χ1v) is 9.86. The molecule has 2 saturated carbocycles. The third-order valence-corrected chi connectivity index (χ3v) is 6.58. The second kappa shape index (κ2) is 6.72. The fourth-order valence-electron chi connectivity index (χ4n) is 5.34. The lowest BCUT2D eigenvalue weighted by Crippen LogP contribution is -2.35. The van der Waals surface area contributed by atoms with Crippen LogP contribution in [-0.4, -0.2) is 31.1 Å². The zero-order valence-electron chi connectivity index (χ0n) is 16.0. The molecule has 29 heavy (non-hydrogen) atoms. The minimum absolute atomic E-state index is 0.0238. The highest BCUT2D eigenvalue weighted by Gasteiger charge is 2.63. The number of fused-ring (bicyclic) bond motifs is 1. The number of nitrogens with one attached hydrogen (secondary N) is 1. The Balaban J connectivity index is 1.34. The number of amides is 1. The van der Waals surface area contributed by atoms with Crippen LogP contribution in [0.4, 0.5) is 5.69 Å². The minimum Gasteiger partial charge on any atom is -0.465 e. The van der Waals surface area contributed by atoms with E-state index in [1.165, 1.54) is 7.11 Å². The summed E-state index contributed by atoms with van der Waals surface area (Å²) in [5.41, 5.74) is 2.78. The number of ether oxygens (including phenoxy) is 2. The predicted octanol–water partition coefficient (Wildman–Crippen LogP) is 3.28. The molecule has 3 fully saturated rings. The predicted molar refractivity (Wildman–Crippen MR) is 105 cm³/mol. The molecule has 2 aromatic carbocycles. The van der Waals surface area contributed by atoms with E-state index < -0.39 is 5.97 Å². The molecule has 1 amide bonds. The number of anilines is 1. The first-order valence-electron chi connectivity index (χ1n) is 9.86. The van der Waals surface area contributed by atoms with Crippen molar-refractivity contribution in [3.05, 3.63) is 54.1 Å². The van der Waals surface area contributed by atoms with Gasteiger partial charge in [-0.25, -0.2) is 4.79 Å². The van der Waals surface area contributed by atoms with Gasteiger partial charge in [0.2, 0.25) is 5.91 Å². The number of rotatable bonds is 4. The number of benzene rings is 2. The zero-order valence-corrected chi connectivity index (χ0v) is 16.0. The number of methoxy groups -OCH3 is 1. The second-order valence-electron chi connectivity index (χ2n) is 8.03. The molecule has 1 saturated heterocycles. The number of esters is 2. The van der Waals surface area contributed by atoms with E-state index in [2.05, 4.69) is 5.32 Å². The van der Waals surface area contributed by atoms with Crippen LogP contribution in [0.15, 0.2) is 48.5 Å². The molecule has 5 atom stereocenters. The van der Waals surface area contributed by atoms with Crippen LogP contribution in [0.5, 0.6) is 0 Å². The van der Waals surface area contributed by atoms with Crippen molar-refractivity contribution >= 4 is 23.5 Å². The topological polar surface area (TPSA) is 81.7 Å². The molecule has 148 valence electrons. The maximum atomic E-state index is 12.9. The summed E-state index contributed by atoms with van der Waals surface area (Å²) in [6, 6.07) is 14.6. The molecule has 1 heterocycles. The summed E-state index contributed by atoms with van der Waals surface area (Å²) in [7, 11) is 1.36. The molecule has 2 bridgehead atoms. The summed E-state index contributed by atoms with van der Waals surface area (Å²) >= 11 is 0. The molecule has 2 aliphatic carbocycles. The lowest BCUT2D eigenvalue weighted by molar-refractivity contribution is -0.145. The van der Waals surface area contributed by atoms with Gasteiger partial charge in [0.05, 0.1) is 24.5 Å². The maximum Gasteiger partial charge on any atom is 0.338 e. The van der Waals surface area contributed by atoms with E-state index in [1.54, 1.807) is 12.1 Å². The van der Waals surface area contributed by atoms with E-state index in [9.17, 15) is 14.4 Å². The fourth-order valence-corrected chi connectivity index (χ4v) is 5.34. The molecule has 1 aliphatic heterocycles. The molecule has 6 heteroatoms. The summed E-state index contributed by atoms with van der Waals surface area (Å²) < 4.78 is 10.3. The molecule has 6 nitrogen and oxygen atoms in total. The van der Waals surface area contributed by atoms with Crippen LogP contribution in [0.2, 0.25) is 0 Å². The highest BCUT2D eigenvalue weighted by Crippen LogP contribution is 2.57. The molecule has 3 aliphatic rings. The van der Waals surface area contributed by atoms with Crippen molar-refractivity contribution in [1.82, 2.24) is 0 Å². The normalized spacial score (nSPS) is 28.9. The molecule has 0 radical (unpaired) electrons. The van der Waals surface area contributed by atoms with Gasteiger partial charge in [0, 0.05) is 11.6 Å². The van der Waals surface area contributed by atoms with Gasteiger partial charge in [-0.1, -0.05) is 30.3 Å². The summed E-state index contributed by atoms with van der Waals surface area (Å²) in [6.07, 6.45) is 1.73. The van der Waals surface area contributed by atoms with Gasteiger partial charge in [0.1, 0.15) is 6.10 Å². The van der Waals surface area contributed by atoms with Crippen LogP contribution >= 0.6 is 0 Å². The van der Waals surface area contributed by atoms with Crippen molar-refractivity contribution in [3.63, 3.8) is 0 Å². The van der Waals surface area contributed by atoms with Crippen LogP contribution in [-0.2, 0) is 19.1 Å². The van der Waals surface area contributed by atoms with Gasteiger partial charge in [-0.05, 0) is 48.1 Å². The van der Waals surface area contributed by atoms with Gasteiger partial charge in [-0.2, -0.15) is 0 Å². The number of carbonyl (C=O) groups is 3. The maximum absolute atomic E-state index is 12.9. The van der Waals surface area contributed by atoms with Crippen molar-refractivity contribution < 1.29 is 23.9 Å². The Morgan fingerprint density at radius 1 is 1.07 bits per heavy atom. The van der Waals surface area contributed by atoms with Crippen LogP contribution in [0, 0.1) is 23.7 Å². The van der Waals surface area contributed by atoms with Crippen LogP contribution < -0.4 is 5.32 Å². The lowest BCUT2D eigenvalue weighted by atomic mass is 9.79. The van der Waals surface area contributed by atoms with Crippen molar-refractivity contribution in [3.8, 4) is 11.1 Å². The first-order chi connectivity index (χ1) is 14.1. The highest BCUT2D eigenvalue weighted by atomic mass is 16.6. The Labute approximate surface area is 168 Å². The molecule has 5 rings (SSSR count). The van der Waals surface area contributed by atoms with Crippen molar-refractivity contribution in [1.29, 1.82) is 0 Å². The second-order valence-corrected chi connectivity index (χ2v) is 8.03. The number of hydrogen-bond donors (Lipinski definition) is 1. The Kier molecular flexibility index (Phi) is 4.15. The molecular weight excluding hydrogens is 370 g/mol. The third-order valence-electron chi connectivity index (χ3n) is 6.58. The van der Waals surface area contributed by atoms with Crippen LogP contribution in [0.25, 0.3) is 11.1 Å². The molecule has 1 N–H and O–H groups in total. The zero-order chi connectivity index (χ0) is 20.1. The smallest absolute Gasteiger partial charge is 0.338 e. The van der Waals surface area contributed by atoms with Gasteiger partial charge < -0.3 is 14.8 Å². The quantitative estimate of drug-likeness (QED) is 0.809. The van der Waals surface area contributed by atoms with Crippen LogP contribution in [0.1, 0.15) is 23.2 Å². The number of hydrogen-bond acceptors (Lipinski definition) is 5. The highest BCUT2D eigenvalue weighted by molar-refractivity contribution is 5.98. The molecule has 0 aromatic heterocycles. The van der Waals surface area contributed by atoms with E-state index >= 15 is 0 Å². The average molecular weight is 391 g/mol. The van der Waals surface area contributed by atoms with E-state index in [0.717, 1.165) is 24.0 Å². The van der Waals surface area contributed by atoms with Crippen molar-refractivity contribution in [2.45, 2.75) is 18.9 Å². The van der Waals surface area contributed by atoms with Gasteiger partial charge in [0.15, 0.2) is 0 Å². The van der Waals surface area contributed by atoms with E-state index in [1.807, 2.05) is 36.4 Å². The van der Waals surface area contributed by atoms with Gasteiger partial charge in [-0.15, -0.1) is 0 Å². The Morgan fingerprint density at radius 2 is 1.83 bits per heavy atom.